The standard InChI is InChI=1S/C21H28N6O3/c1-3-29-21(28)23-10-12-26-11-8-16(13-26)24-20-25-18-5-4-9-22-19(18)27(20)14-17-7-6-15(2)30-17/h4-7,9,16H,3,8,10-14H2,1-2H3,(H,23,28)(H,24,25). The zero-order chi connectivity index (χ0) is 20.9. The molecule has 160 valence electrons. The maximum absolute atomic E-state index is 11.4. The van der Waals surface area contributed by atoms with Crippen LogP contribution in [0.15, 0.2) is 34.9 Å². The second-order valence-electron chi connectivity index (χ2n) is 7.46. The first kappa shape index (κ1) is 20.2. The van der Waals surface area contributed by atoms with Crippen LogP contribution in [0.3, 0.4) is 0 Å². The van der Waals surface area contributed by atoms with Crippen molar-refractivity contribution in [3.63, 3.8) is 0 Å². The van der Waals surface area contributed by atoms with Crippen molar-refractivity contribution in [3.8, 4) is 0 Å². The predicted molar refractivity (Wildman–Crippen MR) is 114 cm³/mol. The van der Waals surface area contributed by atoms with Crippen LogP contribution in [0.1, 0.15) is 24.9 Å². The highest BCUT2D eigenvalue weighted by Crippen LogP contribution is 2.22. The number of imidazole rings is 1. The van der Waals surface area contributed by atoms with Crippen molar-refractivity contribution in [2.45, 2.75) is 32.9 Å². The number of hydrogen-bond acceptors (Lipinski definition) is 7. The minimum absolute atomic E-state index is 0.279. The third kappa shape index (κ3) is 4.73. The van der Waals surface area contributed by atoms with Gasteiger partial charge < -0.3 is 19.8 Å². The number of nitrogens with zero attached hydrogens (tertiary/aromatic N) is 4. The molecule has 9 heteroatoms. The molecule has 4 heterocycles. The molecule has 1 fully saturated rings. The van der Waals surface area contributed by atoms with Crippen LogP contribution in [0.4, 0.5) is 10.7 Å². The highest BCUT2D eigenvalue weighted by atomic mass is 16.5. The summed E-state index contributed by atoms with van der Waals surface area (Å²) in [6, 6.07) is 8.10. The largest absolute Gasteiger partial charge is 0.464 e. The lowest BCUT2D eigenvalue weighted by Gasteiger charge is -2.17. The summed E-state index contributed by atoms with van der Waals surface area (Å²) in [5.74, 6) is 2.56. The molecule has 1 aliphatic rings. The van der Waals surface area contributed by atoms with Gasteiger partial charge in [0.2, 0.25) is 5.95 Å². The number of fused-ring (bicyclic) bond motifs is 1. The molecular formula is C21H28N6O3. The Morgan fingerprint density at radius 3 is 3.07 bits per heavy atom. The summed E-state index contributed by atoms with van der Waals surface area (Å²) in [5, 5.41) is 6.36. The Balaban J connectivity index is 1.40. The van der Waals surface area contributed by atoms with Gasteiger partial charge in [-0.15, -0.1) is 0 Å². The number of likely N-dealkylation sites (tertiary alicyclic amines) is 1. The summed E-state index contributed by atoms with van der Waals surface area (Å²) < 4.78 is 12.7. The Morgan fingerprint density at radius 2 is 2.27 bits per heavy atom. The fourth-order valence-electron chi connectivity index (χ4n) is 3.78. The van der Waals surface area contributed by atoms with Gasteiger partial charge in [0.15, 0.2) is 5.65 Å². The van der Waals surface area contributed by atoms with Crippen LogP contribution in [-0.4, -0.2) is 64.4 Å². The summed E-state index contributed by atoms with van der Waals surface area (Å²) in [6.45, 7) is 7.92. The van der Waals surface area contributed by atoms with Gasteiger partial charge >= 0.3 is 6.09 Å². The van der Waals surface area contributed by atoms with E-state index >= 15 is 0 Å². The van der Waals surface area contributed by atoms with Crippen LogP contribution in [0, 0.1) is 6.92 Å². The molecule has 30 heavy (non-hydrogen) atoms. The lowest BCUT2D eigenvalue weighted by Crippen LogP contribution is -2.35. The van der Waals surface area contributed by atoms with E-state index in [4.69, 9.17) is 14.1 Å². The van der Waals surface area contributed by atoms with Gasteiger partial charge in [0, 0.05) is 38.4 Å². The minimum Gasteiger partial charge on any atom is -0.464 e. The fourth-order valence-corrected chi connectivity index (χ4v) is 3.78. The Morgan fingerprint density at radius 1 is 1.37 bits per heavy atom. The average molecular weight is 412 g/mol. The number of carbonyl (C=O) groups excluding carboxylic acids is 1. The predicted octanol–water partition coefficient (Wildman–Crippen LogP) is 2.61. The summed E-state index contributed by atoms with van der Waals surface area (Å²) in [4.78, 5) is 23.0. The molecule has 3 aromatic rings. The molecule has 4 rings (SSSR count). The van der Waals surface area contributed by atoms with E-state index in [1.807, 2.05) is 31.2 Å². The number of hydrogen-bond donors (Lipinski definition) is 2. The molecule has 9 nitrogen and oxygen atoms in total. The van der Waals surface area contributed by atoms with Crippen LogP contribution in [-0.2, 0) is 11.3 Å². The molecule has 1 saturated heterocycles. The van der Waals surface area contributed by atoms with Crippen molar-refractivity contribution < 1.29 is 13.9 Å². The first-order valence-corrected chi connectivity index (χ1v) is 10.4. The second-order valence-corrected chi connectivity index (χ2v) is 7.46. The van der Waals surface area contributed by atoms with Crippen LogP contribution in [0.25, 0.3) is 11.2 Å². The molecule has 1 amide bonds. The number of aromatic nitrogens is 3. The first-order valence-electron chi connectivity index (χ1n) is 10.4. The third-order valence-electron chi connectivity index (χ3n) is 5.19. The summed E-state index contributed by atoms with van der Waals surface area (Å²) in [5.41, 5.74) is 1.69. The fraction of sp³-hybridized carbons (Fsp3) is 0.476. The molecule has 0 aliphatic carbocycles. The average Bonchev–Trinajstić information content (AvgIpc) is 3.43. The van der Waals surface area contributed by atoms with E-state index in [2.05, 4.69) is 25.1 Å². The van der Waals surface area contributed by atoms with Crippen LogP contribution < -0.4 is 10.6 Å². The van der Waals surface area contributed by atoms with Crippen LogP contribution in [0.5, 0.6) is 0 Å². The van der Waals surface area contributed by atoms with Gasteiger partial charge in [0.25, 0.3) is 0 Å². The van der Waals surface area contributed by atoms with Crippen molar-refractivity contribution in [2.75, 3.05) is 38.1 Å². The Hall–Kier alpha value is -3.07. The maximum Gasteiger partial charge on any atom is 0.407 e. The molecule has 0 saturated carbocycles. The number of rotatable bonds is 8. The van der Waals surface area contributed by atoms with E-state index in [0.29, 0.717) is 19.7 Å². The van der Waals surface area contributed by atoms with Gasteiger partial charge in [-0.05, 0) is 44.5 Å². The molecule has 0 aromatic carbocycles. The summed E-state index contributed by atoms with van der Waals surface area (Å²) >= 11 is 0. The lowest BCUT2D eigenvalue weighted by atomic mass is 10.3. The highest BCUT2D eigenvalue weighted by Gasteiger charge is 2.24. The monoisotopic (exact) mass is 412 g/mol. The topological polar surface area (TPSA) is 97.5 Å². The van der Waals surface area contributed by atoms with Gasteiger partial charge in [0.05, 0.1) is 13.2 Å². The third-order valence-corrected chi connectivity index (χ3v) is 5.19. The van der Waals surface area contributed by atoms with Gasteiger partial charge in [-0.3, -0.25) is 9.47 Å². The zero-order valence-electron chi connectivity index (χ0n) is 17.4. The second kappa shape index (κ2) is 9.17. The van der Waals surface area contributed by atoms with Crippen LogP contribution in [0.2, 0.25) is 0 Å². The smallest absolute Gasteiger partial charge is 0.407 e. The molecule has 1 aliphatic heterocycles. The van der Waals surface area contributed by atoms with E-state index in [1.165, 1.54) is 0 Å². The number of anilines is 1. The number of carbonyl (C=O) groups is 1. The number of ether oxygens (including phenoxy) is 1. The van der Waals surface area contributed by atoms with Crippen molar-refractivity contribution in [1.82, 2.24) is 24.8 Å². The summed E-state index contributed by atoms with van der Waals surface area (Å²) in [7, 11) is 0. The minimum atomic E-state index is -0.360. The number of furan rings is 1. The molecular weight excluding hydrogens is 384 g/mol. The Bertz CT molecular complexity index is 998. The van der Waals surface area contributed by atoms with E-state index in [1.54, 1.807) is 13.1 Å². The van der Waals surface area contributed by atoms with E-state index in [9.17, 15) is 4.79 Å². The van der Waals surface area contributed by atoms with Crippen molar-refractivity contribution in [2.24, 2.45) is 0 Å². The Labute approximate surface area is 175 Å². The zero-order valence-corrected chi connectivity index (χ0v) is 17.4. The molecule has 0 bridgehead atoms. The van der Waals surface area contributed by atoms with Gasteiger partial charge in [0.1, 0.15) is 17.0 Å². The van der Waals surface area contributed by atoms with E-state index in [0.717, 1.165) is 54.7 Å². The maximum atomic E-state index is 11.4. The van der Waals surface area contributed by atoms with Gasteiger partial charge in [-0.1, -0.05) is 0 Å². The lowest BCUT2D eigenvalue weighted by molar-refractivity contribution is 0.151. The first-order chi connectivity index (χ1) is 14.6. The number of pyridine rings is 1. The van der Waals surface area contributed by atoms with Crippen molar-refractivity contribution in [3.05, 3.63) is 42.0 Å². The molecule has 2 N–H and O–H groups in total. The molecule has 0 radical (unpaired) electrons. The number of aryl methyl sites for hydroxylation is 1. The highest BCUT2D eigenvalue weighted by molar-refractivity contribution is 5.74. The normalized spacial score (nSPS) is 16.8. The quantitative estimate of drug-likeness (QED) is 0.587. The molecule has 1 atom stereocenters. The SMILES string of the molecule is CCOC(=O)NCCN1CCC(Nc2nc3cccnc3n2Cc2ccc(C)o2)C1. The Kier molecular flexibility index (Phi) is 6.18. The number of alkyl carbamates (subject to hydrolysis) is 1. The number of amides is 1. The van der Waals surface area contributed by atoms with Gasteiger partial charge in [-0.25, -0.2) is 14.8 Å². The van der Waals surface area contributed by atoms with E-state index in [-0.39, 0.29) is 12.1 Å². The van der Waals surface area contributed by atoms with E-state index < -0.39 is 0 Å². The molecule has 3 aromatic heterocycles. The van der Waals surface area contributed by atoms with Crippen molar-refractivity contribution in [1.29, 1.82) is 0 Å². The number of nitrogens with one attached hydrogen (secondary N) is 2. The van der Waals surface area contributed by atoms with Crippen LogP contribution >= 0.6 is 0 Å². The van der Waals surface area contributed by atoms with Crippen molar-refractivity contribution >= 4 is 23.2 Å². The molecule has 0 spiro atoms. The summed E-state index contributed by atoms with van der Waals surface area (Å²) in [6.07, 6.45) is 2.43. The molecule has 1 unspecified atom stereocenters. The van der Waals surface area contributed by atoms with Gasteiger partial charge in [-0.2, -0.15) is 0 Å².